The standard InChI is InChI=1S/C13H18N2O4/c14-8-10(13(16)17)15-4-3-9-1-2-11-12(7-9)19-6-5-18-11/h1-2,7,10,15H,3-6,8,14H2,(H,16,17). The molecule has 1 atom stereocenters. The molecule has 6 nitrogen and oxygen atoms in total. The molecule has 1 aliphatic rings. The molecule has 0 fully saturated rings. The van der Waals surface area contributed by atoms with E-state index in [1.807, 2.05) is 18.2 Å². The van der Waals surface area contributed by atoms with Crippen LogP contribution in [0.2, 0.25) is 0 Å². The van der Waals surface area contributed by atoms with E-state index in [0.717, 1.165) is 17.1 Å². The van der Waals surface area contributed by atoms with Gasteiger partial charge in [-0.3, -0.25) is 4.79 Å². The molecule has 0 radical (unpaired) electrons. The zero-order valence-corrected chi connectivity index (χ0v) is 10.6. The Morgan fingerprint density at radius 2 is 2.11 bits per heavy atom. The number of hydrogen-bond donors (Lipinski definition) is 3. The van der Waals surface area contributed by atoms with Crippen LogP contribution in [0.5, 0.6) is 11.5 Å². The van der Waals surface area contributed by atoms with Crippen molar-refractivity contribution in [3.63, 3.8) is 0 Å². The van der Waals surface area contributed by atoms with Gasteiger partial charge >= 0.3 is 5.97 Å². The van der Waals surface area contributed by atoms with Gasteiger partial charge in [0, 0.05) is 13.1 Å². The van der Waals surface area contributed by atoms with E-state index >= 15 is 0 Å². The normalized spacial score (nSPS) is 15.0. The van der Waals surface area contributed by atoms with Gasteiger partial charge in [0.25, 0.3) is 0 Å². The highest BCUT2D eigenvalue weighted by atomic mass is 16.6. The summed E-state index contributed by atoms with van der Waals surface area (Å²) in [6.45, 7) is 1.76. The molecule has 0 saturated carbocycles. The second-order valence-corrected chi connectivity index (χ2v) is 4.31. The molecule has 104 valence electrons. The highest BCUT2D eigenvalue weighted by molar-refractivity contribution is 5.73. The SMILES string of the molecule is NCC(NCCc1ccc2c(c1)OCCO2)C(=O)O. The summed E-state index contributed by atoms with van der Waals surface area (Å²) in [6, 6.07) is 5.06. The van der Waals surface area contributed by atoms with Crippen molar-refractivity contribution in [1.29, 1.82) is 0 Å². The number of benzene rings is 1. The molecule has 1 heterocycles. The topological polar surface area (TPSA) is 93.8 Å². The van der Waals surface area contributed by atoms with E-state index in [0.29, 0.717) is 26.2 Å². The van der Waals surface area contributed by atoms with E-state index in [4.69, 9.17) is 20.3 Å². The van der Waals surface area contributed by atoms with E-state index in [9.17, 15) is 4.79 Å². The van der Waals surface area contributed by atoms with E-state index in [2.05, 4.69) is 5.32 Å². The molecule has 2 rings (SSSR count). The van der Waals surface area contributed by atoms with Gasteiger partial charge in [0.15, 0.2) is 11.5 Å². The average molecular weight is 266 g/mol. The number of rotatable bonds is 6. The zero-order valence-electron chi connectivity index (χ0n) is 10.6. The first-order chi connectivity index (χ1) is 9.20. The third-order valence-corrected chi connectivity index (χ3v) is 2.94. The lowest BCUT2D eigenvalue weighted by Gasteiger charge is -2.19. The molecular weight excluding hydrogens is 248 g/mol. The molecule has 0 aliphatic carbocycles. The van der Waals surface area contributed by atoms with Gasteiger partial charge < -0.3 is 25.6 Å². The van der Waals surface area contributed by atoms with Crippen LogP contribution in [0.15, 0.2) is 18.2 Å². The quantitative estimate of drug-likeness (QED) is 0.671. The smallest absolute Gasteiger partial charge is 0.322 e. The highest BCUT2D eigenvalue weighted by Gasteiger charge is 2.14. The first-order valence-corrected chi connectivity index (χ1v) is 6.25. The molecule has 0 spiro atoms. The summed E-state index contributed by atoms with van der Waals surface area (Å²) in [6.07, 6.45) is 0.709. The monoisotopic (exact) mass is 266 g/mol. The van der Waals surface area contributed by atoms with Crippen LogP contribution in [-0.4, -0.2) is 43.4 Å². The zero-order chi connectivity index (χ0) is 13.7. The first kappa shape index (κ1) is 13.6. The Labute approximate surface area is 111 Å². The van der Waals surface area contributed by atoms with Crippen molar-refractivity contribution < 1.29 is 19.4 Å². The van der Waals surface area contributed by atoms with Crippen molar-refractivity contribution in [3.05, 3.63) is 23.8 Å². The molecule has 0 amide bonds. The van der Waals surface area contributed by atoms with Crippen LogP contribution in [0.25, 0.3) is 0 Å². The molecule has 0 bridgehead atoms. The second-order valence-electron chi connectivity index (χ2n) is 4.31. The summed E-state index contributed by atoms with van der Waals surface area (Å²) in [5.41, 5.74) is 6.43. The second kappa shape index (κ2) is 6.40. The maximum absolute atomic E-state index is 10.8. The van der Waals surface area contributed by atoms with Crippen molar-refractivity contribution in [3.8, 4) is 11.5 Å². The summed E-state index contributed by atoms with van der Waals surface area (Å²) in [4.78, 5) is 10.8. The van der Waals surface area contributed by atoms with E-state index in [1.54, 1.807) is 0 Å². The molecule has 4 N–H and O–H groups in total. The van der Waals surface area contributed by atoms with Crippen molar-refractivity contribution in [2.24, 2.45) is 5.73 Å². The largest absolute Gasteiger partial charge is 0.486 e. The minimum atomic E-state index is -0.926. The van der Waals surface area contributed by atoms with Gasteiger partial charge in [0.1, 0.15) is 19.3 Å². The van der Waals surface area contributed by atoms with Gasteiger partial charge in [-0.15, -0.1) is 0 Å². The van der Waals surface area contributed by atoms with Crippen molar-refractivity contribution in [1.82, 2.24) is 5.32 Å². The molecule has 0 saturated heterocycles. The van der Waals surface area contributed by atoms with Gasteiger partial charge in [-0.1, -0.05) is 6.07 Å². The Kier molecular flexibility index (Phi) is 4.59. The minimum absolute atomic E-state index is 0.0798. The van der Waals surface area contributed by atoms with Crippen LogP contribution < -0.4 is 20.5 Å². The number of carboxylic acids is 1. The fraction of sp³-hybridized carbons (Fsp3) is 0.462. The Morgan fingerprint density at radius 1 is 1.37 bits per heavy atom. The maximum Gasteiger partial charge on any atom is 0.322 e. The molecule has 19 heavy (non-hydrogen) atoms. The number of nitrogens with two attached hydrogens (primary N) is 1. The molecule has 0 aromatic heterocycles. The predicted molar refractivity (Wildman–Crippen MR) is 69.6 cm³/mol. The molecule has 1 aliphatic heterocycles. The van der Waals surface area contributed by atoms with Crippen molar-refractivity contribution >= 4 is 5.97 Å². The number of aliphatic carboxylic acids is 1. The summed E-state index contributed by atoms with van der Waals surface area (Å²) in [5.74, 6) is 0.579. The van der Waals surface area contributed by atoms with Crippen molar-refractivity contribution in [2.75, 3.05) is 26.3 Å². The van der Waals surface area contributed by atoms with Gasteiger partial charge in [-0.05, 0) is 24.1 Å². The summed E-state index contributed by atoms with van der Waals surface area (Å²) < 4.78 is 10.9. The minimum Gasteiger partial charge on any atom is -0.486 e. The van der Waals surface area contributed by atoms with E-state index in [-0.39, 0.29) is 6.54 Å². The molecule has 1 aromatic rings. The molecule has 1 unspecified atom stereocenters. The van der Waals surface area contributed by atoms with Gasteiger partial charge in [0.2, 0.25) is 0 Å². The third kappa shape index (κ3) is 3.59. The summed E-state index contributed by atoms with van der Waals surface area (Å²) in [7, 11) is 0. The van der Waals surface area contributed by atoms with Crippen LogP contribution in [-0.2, 0) is 11.2 Å². The molecule has 6 heteroatoms. The van der Waals surface area contributed by atoms with Gasteiger partial charge in [-0.2, -0.15) is 0 Å². The summed E-state index contributed by atoms with van der Waals surface area (Å²) in [5, 5.41) is 11.8. The third-order valence-electron chi connectivity index (χ3n) is 2.94. The number of fused-ring (bicyclic) bond motifs is 1. The Balaban J connectivity index is 1.88. The predicted octanol–water partition coefficient (Wildman–Crippen LogP) is 0.00180. The lowest BCUT2D eigenvalue weighted by molar-refractivity contribution is -0.139. The van der Waals surface area contributed by atoms with Gasteiger partial charge in [-0.25, -0.2) is 0 Å². The van der Waals surface area contributed by atoms with Crippen LogP contribution >= 0.6 is 0 Å². The van der Waals surface area contributed by atoms with E-state index in [1.165, 1.54) is 0 Å². The average Bonchev–Trinajstić information content (AvgIpc) is 2.43. The van der Waals surface area contributed by atoms with Crippen LogP contribution in [0.3, 0.4) is 0 Å². The molecule has 1 aromatic carbocycles. The fourth-order valence-electron chi connectivity index (χ4n) is 1.91. The van der Waals surface area contributed by atoms with Crippen LogP contribution in [0.4, 0.5) is 0 Å². The van der Waals surface area contributed by atoms with Crippen LogP contribution in [0, 0.1) is 0 Å². The highest BCUT2D eigenvalue weighted by Crippen LogP contribution is 2.30. The summed E-state index contributed by atoms with van der Waals surface area (Å²) >= 11 is 0. The van der Waals surface area contributed by atoms with Gasteiger partial charge in [0.05, 0.1) is 0 Å². The Hall–Kier alpha value is -1.79. The number of ether oxygens (including phenoxy) is 2. The lowest BCUT2D eigenvalue weighted by atomic mass is 10.1. The number of nitrogens with one attached hydrogen (secondary N) is 1. The number of carboxylic acid groups (broad SMARTS) is 1. The Bertz CT molecular complexity index is 450. The molecular formula is C13H18N2O4. The lowest BCUT2D eigenvalue weighted by Crippen LogP contribution is -2.43. The van der Waals surface area contributed by atoms with Crippen LogP contribution in [0.1, 0.15) is 5.56 Å². The maximum atomic E-state index is 10.8. The fourth-order valence-corrected chi connectivity index (χ4v) is 1.91. The first-order valence-electron chi connectivity index (χ1n) is 6.25. The Morgan fingerprint density at radius 3 is 2.79 bits per heavy atom. The number of carbonyl (C=O) groups is 1. The van der Waals surface area contributed by atoms with E-state index < -0.39 is 12.0 Å². The number of hydrogen-bond acceptors (Lipinski definition) is 5. The van der Waals surface area contributed by atoms with Crippen molar-refractivity contribution in [2.45, 2.75) is 12.5 Å².